The van der Waals surface area contributed by atoms with E-state index in [4.69, 9.17) is 0 Å². The van der Waals surface area contributed by atoms with E-state index in [0.29, 0.717) is 11.6 Å². The van der Waals surface area contributed by atoms with Crippen LogP contribution in [-0.2, 0) is 7.05 Å². The fourth-order valence-electron chi connectivity index (χ4n) is 1.65. The number of nitrogens with zero attached hydrogens (tertiary/aromatic N) is 4. The van der Waals surface area contributed by atoms with Gasteiger partial charge in [0.15, 0.2) is 5.82 Å². The van der Waals surface area contributed by atoms with E-state index in [1.165, 1.54) is 22.9 Å². The van der Waals surface area contributed by atoms with Crippen LogP contribution in [0.3, 0.4) is 0 Å². The molecule has 0 aliphatic carbocycles. The standard InChI is InChI=1S/C12H13FN4O/c1-16(2)12-15-10(6-11(18)17(12)3)8-4-5-14-7-9(8)13/h4-7H,1-3H3. The molecule has 94 valence electrons. The van der Waals surface area contributed by atoms with Crippen molar-refractivity contribution in [2.75, 3.05) is 19.0 Å². The molecule has 0 N–H and O–H groups in total. The zero-order chi connectivity index (χ0) is 13.3. The molecule has 0 radical (unpaired) electrons. The zero-order valence-corrected chi connectivity index (χ0v) is 10.4. The average Bonchev–Trinajstić information content (AvgIpc) is 2.33. The number of pyridine rings is 1. The van der Waals surface area contributed by atoms with E-state index < -0.39 is 5.82 Å². The summed E-state index contributed by atoms with van der Waals surface area (Å²) >= 11 is 0. The largest absolute Gasteiger partial charge is 0.348 e. The molecule has 0 atom stereocenters. The molecular formula is C12H13FN4O. The molecule has 0 saturated heterocycles. The number of anilines is 1. The SMILES string of the molecule is CN(C)c1nc(-c2ccncc2F)cc(=O)n1C. The highest BCUT2D eigenvalue weighted by Crippen LogP contribution is 2.19. The van der Waals surface area contributed by atoms with Gasteiger partial charge < -0.3 is 4.90 Å². The summed E-state index contributed by atoms with van der Waals surface area (Å²) in [5.41, 5.74) is 0.340. The summed E-state index contributed by atoms with van der Waals surface area (Å²) in [5, 5.41) is 0. The van der Waals surface area contributed by atoms with Gasteiger partial charge in [0, 0.05) is 39.0 Å². The molecule has 0 fully saturated rings. The monoisotopic (exact) mass is 248 g/mol. The van der Waals surface area contributed by atoms with Crippen LogP contribution >= 0.6 is 0 Å². The first-order valence-corrected chi connectivity index (χ1v) is 5.36. The lowest BCUT2D eigenvalue weighted by atomic mass is 10.2. The van der Waals surface area contributed by atoms with Gasteiger partial charge in [-0.3, -0.25) is 14.3 Å². The second kappa shape index (κ2) is 4.56. The molecule has 0 bridgehead atoms. The molecule has 18 heavy (non-hydrogen) atoms. The first-order valence-electron chi connectivity index (χ1n) is 5.36. The quantitative estimate of drug-likeness (QED) is 0.797. The third-order valence-corrected chi connectivity index (χ3v) is 2.56. The lowest BCUT2D eigenvalue weighted by molar-refractivity contribution is 0.624. The Morgan fingerprint density at radius 2 is 2.11 bits per heavy atom. The van der Waals surface area contributed by atoms with Crippen molar-refractivity contribution in [3.8, 4) is 11.3 Å². The lowest BCUT2D eigenvalue weighted by Crippen LogP contribution is -2.25. The van der Waals surface area contributed by atoms with Crippen molar-refractivity contribution in [2.24, 2.45) is 7.05 Å². The maximum absolute atomic E-state index is 13.6. The first kappa shape index (κ1) is 12.2. The highest BCUT2D eigenvalue weighted by molar-refractivity contribution is 5.60. The molecule has 0 aliphatic heterocycles. The van der Waals surface area contributed by atoms with Gasteiger partial charge in [-0.15, -0.1) is 0 Å². The number of hydrogen-bond acceptors (Lipinski definition) is 4. The van der Waals surface area contributed by atoms with Crippen LogP contribution in [0.15, 0.2) is 29.3 Å². The van der Waals surface area contributed by atoms with E-state index in [0.717, 1.165) is 6.20 Å². The third-order valence-electron chi connectivity index (χ3n) is 2.56. The predicted molar refractivity (Wildman–Crippen MR) is 67.0 cm³/mol. The minimum absolute atomic E-state index is 0.236. The summed E-state index contributed by atoms with van der Waals surface area (Å²) in [6, 6.07) is 2.81. The van der Waals surface area contributed by atoms with Gasteiger partial charge in [0.1, 0.15) is 0 Å². The molecule has 2 aromatic heterocycles. The van der Waals surface area contributed by atoms with Crippen LogP contribution in [0.25, 0.3) is 11.3 Å². The van der Waals surface area contributed by atoms with E-state index in [1.54, 1.807) is 26.0 Å². The summed E-state index contributed by atoms with van der Waals surface area (Å²) < 4.78 is 15.0. The van der Waals surface area contributed by atoms with E-state index in [-0.39, 0.29) is 11.1 Å². The molecular weight excluding hydrogens is 235 g/mol. The maximum atomic E-state index is 13.6. The van der Waals surface area contributed by atoms with Gasteiger partial charge in [-0.25, -0.2) is 9.37 Å². The van der Waals surface area contributed by atoms with Crippen LogP contribution in [0.5, 0.6) is 0 Å². The Morgan fingerprint density at radius 1 is 1.39 bits per heavy atom. The summed E-state index contributed by atoms with van der Waals surface area (Å²) in [6.07, 6.45) is 2.57. The molecule has 0 amide bonds. The van der Waals surface area contributed by atoms with Gasteiger partial charge in [-0.2, -0.15) is 0 Å². The highest BCUT2D eigenvalue weighted by Gasteiger charge is 2.11. The number of hydrogen-bond donors (Lipinski definition) is 0. The Balaban J connectivity index is 2.67. The normalized spacial score (nSPS) is 10.4. The topological polar surface area (TPSA) is 51.0 Å². The fourth-order valence-corrected chi connectivity index (χ4v) is 1.65. The number of rotatable bonds is 2. The predicted octanol–water partition coefficient (Wildman–Crippen LogP) is 1.05. The van der Waals surface area contributed by atoms with Gasteiger partial charge in [-0.05, 0) is 6.07 Å². The molecule has 2 heterocycles. The molecule has 0 aliphatic rings. The Kier molecular flexibility index (Phi) is 3.10. The van der Waals surface area contributed by atoms with Crippen LogP contribution in [0.2, 0.25) is 0 Å². The van der Waals surface area contributed by atoms with Gasteiger partial charge >= 0.3 is 0 Å². The van der Waals surface area contributed by atoms with Crippen molar-refractivity contribution in [1.29, 1.82) is 0 Å². The minimum Gasteiger partial charge on any atom is -0.348 e. The molecule has 6 heteroatoms. The third kappa shape index (κ3) is 2.09. The summed E-state index contributed by atoms with van der Waals surface area (Å²) in [4.78, 5) is 21.5. The molecule has 0 unspecified atom stereocenters. The maximum Gasteiger partial charge on any atom is 0.255 e. The van der Waals surface area contributed by atoms with Gasteiger partial charge in [0.25, 0.3) is 5.56 Å². The summed E-state index contributed by atoms with van der Waals surface area (Å²) in [5.74, 6) is -0.0309. The Hall–Kier alpha value is -2.24. The summed E-state index contributed by atoms with van der Waals surface area (Å²) in [6.45, 7) is 0. The van der Waals surface area contributed by atoms with Crippen LogP contribution in [-0.4, -0.2) is 28.6 Å². The van der Waals surface area contributed by atoms with Crippen LogP contribution in [0.1, 0.15) is 0 Å². The molecule has 2 rings (SSSR count). The van der Waals surface area contributed by atoms with Crippen LogP contribution in [0, 0.1) is 5.82 Å². The second-order valence-corrected chi connectivity index (χ2v) is 4.09. The van der Waals surface area contributed by atoms with Crippen molar-refractivity contribution < 1.29 is 4.39 Å². The lowest BCUT2D eigenvalue weighted by Gasteiger charge is -2.16. The van der Waals surface area contributed by atoms with Crippen molar-refractivity contribution in [2.45, 2.75) is 0 Å². The zero-order valence-electron chi connectivity index (χ0n) is 10.4. The van der Waals surface area contributed by atoms with Gasteiger partial charge in [0.2, 0.25) is 5.95 Å². The molecule has 0 spiro atoms. The molecule has 5 nitrogen and oxygen atoms in total. The van der Waals surface area contributed by atoms with E-state index in [9.17, 15) is 9.18 Å². The number of aromatic nitrogens is 3. The van der Waals surface area contributed by atoms with E-state index in [2.05, 4.69) is 9.97 Å². The van der Waals surface area contributed by atoms with E-state index in [1.807, 2.05) is 0 Å². The first-order chi connectivity index (χ1) is 8.50. The smallest absolute Gasteiger partial charge is 0.255 e. The molecule has 2 aromatic rings. The van der Waals surface area contributed by atoms with Gasteiger partial charge in [0.05, 0.1) is 11.9 Å². The van der Waals surface area contributed by atoms with Crippen LogP contribution < -0.4 is 10.5 Å². The van der Waals surface area contributed by atoms with E-state index >= 15 is 0 Å². The highest BCUT2D eigenvalue weighted by atomic mass is 19.1. The van der Waals surface area contributed by atoms with Crippen molar-refractivity contribution in [1.82, 2.24) is 14.5 Å². The Morgan fingerprint density at radius 3 is 2.72 bits per heavy atom. The molecule has 0 saturated carbocycles. The average molecular weight is 248 g/mol. The van der Waals surface area contributed by atoms with Crippen molar-refractivity contribution in [3.63, 3.8) is 0 Å². The Bertz CT molecular complexity index is 636. The molecule has 0 aromatic carbocycles. The summed E-state index contributed by atoms with van der Waals surface area (Å²) in [7, 11) is 5.17. The van der Waals surface area contributed by atoms with Gasteiger partial charge in [-0.1, -0.05) is 0 Å². The Labute approximate surface area is 104 Å². The van der Waals surface area contributed by atoms with Crippen molar-refractivity contribution >= 4 is 5.95 Å². The van der Waals surface area contributed by atoms with Crippen molar-refractivity contribution in [3.05, 3.63) is 40.7 Å². The second-order valence-electron chi connectivity index (χ2n) is 4.09. The minimum atomic E-state index is -0.497. The fraction of sp³-hybridized carbons (Fsp3) is 0.250. The van der Waals surface area contributed by atoms with Crippen LogP contribution in [0.4, 0.5) is 10.3 Å². The number of halogens is 1.